The predicted molar refractivity (Wildman–Crippen MR) is 71.2 cm³/mol. The predicted octanol–water partition coefficient (Wildman–Crippen LogP) is 1.06. The van der Waals surface area contributed by atoms with Crippen molar-refractivity contribution in [1.82, 2.24) is 5.32 Å². The average molecular weight is 253 g/mol. The van der Waals surface area contributed by atoms with E-state index in [2.05, 4.69) is 5.32 Å². The molecule has 0 heterocycles. The Bertz CT molecular complexity index is 335. The lowest BCUT2D eigenvalue weighted by atomic mass is 10.0. The molecule has 0 radical (unpaired) electrons. The Morgan fingerprint density at radius 2 is 1.83 bits per heavy atom. The van der Waals surface area contributed by atoms with E-state index in [-0.39, 0.29) is 6.61 Å². The minimum atomic E-state index is -0.749. The second-order valence-corrected chi connectivity index (χ2v) is 4.82. The van der Waals surface area contributed by atoms with Crippen molar-refractivity contribution in [2.45, 2.75) is 32.1 Å². The first-order chi connectivity index (χ1) is 8.57. The van der Waals surface area contributed by atoms with Gasteiger partial charge >= 0.3 is 0 Å². The molecule has 0 saturated heterocycles. The van der Waals surface area contributed by atoms with Gasteiger partial charge < -0.3 is 20.3 Å². The molecule has 0 fully saturated rings. The number of aliphatic hydroxyl groups excluding tert-OH is 1. The third-order valence-corrected chi connectivity index (χ3v) is 2.89. The van der Waals surface area contributed by atoms with Crippen molar-refractivity contribution < 1.29 is 14.9 Å². The summed E-state index contributed by atoms with van der Waals surface area (Å²) in [6.45, 7) is 3.65. The molecular weight excluding hydrogens is 230 g/mol. The smallest absolute Gasteiger partial charge is 0.0765 e. The quantitative estimate of drug-likeness (QED) is 0.648. The van der Waals surface area contributed by atoms with Crippen LogP contribution in [0, 0.1) is 0 Å². The van der Waals surface area contributed by atoms with Crippen LogP contribution in [0.3, 0.4) is 0 Å². The van der Waals surface area contributed by atoms with Crippen LogP contribution < -0.4 is 5.32 Å². The number of benzene rings is 1. The summed E-state index contributed by atoms with van der Waals surface area (Å²) in [7, 11) is 1.63. The molecule has 0 aliphatic rings. The molecule has 0 aliphatic carbocycles. The normalized spacial score (nSPS) is 14.4. The van der Waals surface area contributed by atoms with E-state index in [1.165, 1.54) is 0 Å². The maximum absolute atomic E-state index is 10.0. The Balaban J connectivity index is 2.31. The Hall–Kier alpha value is -0.940. The molecule has 3 N–H and O–H groups in total. The van der Waals surface area contributed by atoms with Crippen molar-refractivity contribution in [3.63, 3.8) is 0 Å². The van der Waals surface area contributed by atoms with Gasteiger partial charge in [-0.25, -0.2) is 0 Å². The molecule has 1 unspecified atom stereocenters. The number of ether oxygens (including phenoxy) is 1. The number of methoxy groups -OCH3 is 1. The van der Waals surface area contributed by atoms with E-state index in [1.54, 1.807) is 14.0 Å². The van der Waals surface area contributed by atoms with Crippen molar-refractivity contribution in [3.8, 4) is 0 Å². The zero-order chi connectivity index (χ0) is 13.4. The van der Waals surface area contributed by atoms with E-state index in [1.807, 2.05) is 24.3 Å². The average Bonchev–Trinajstić information content (AvgIpc) is 2.37. The summed E-state index contributed by atoms with van der Waals surface area (Å²) in [5.41, 5.74) is 1.29. The van der Waals surface area contributed by atoms with E-state index >= 15 is 0 Å². The maximum atomic E-state index is 10.0. The highest BCUT2D eigenvalue weighted by atomic mass is 16.5. The molecule has 0 spiro atoms. The topological polar surface area (TPSA) is 61.7 Å². The monoisotopic (exact) mass is 253 g/mol. The fourth-order valence-corrected chi connectivity index (χ4v) is 1.65. The SMILES string of the molecule is COCCC(C)(O)CNCc1ccc(CO)cc1. The lowest BCUT2D eigenvalue weighted by Gasteiger charge is -2.23. The number of rotatable bonds is 8. The summed E-state index contributed by atoms with van der Waals surface area (Å²) in [5.74, 6) is 0. The molecule has 1 aromatic carbocycles. The van der Waals surface area contributed by atoms with Gasteiger partial charge in [-0.15, -0.1) is 0 Å². The van der Waals surface area contributed by atoms with Crippen LogP contribution in [0.25, 0.3) is 0 Å². The largest absolute Gasteiger partial charge is 0.392 e. The number of hydrogen-bond donors (Lipinski definition) is 3. The van der Waals surface area contributed by atoms with E-state index in [0.29, 0.717) is 26.1 Å². The van der Waals surface area contributed by atoms with Gasteiger partial charge in [0.15, 0.2) is 0 Å². The van der Waals surface area contributed by atoms with Crippen LogP contribution >= 0.6 is 0 Å². The molecule has 0 amide bonds. The van der Waals surface area contributed by atoms with Gasteiger partial charge in [0.2, 0.25) is 0 Å². The van der Waals surface area contributed by atoms with Gasteiger partial charge in [0, 0.05) is 33.2 Å². The Kier molecular flexibility index (Phi) is 6.29. The Morgan fingerprint density at radius 1 is 1.22 bits per heavy atom. The standard InChI is InChI=1S/C14H23NO3/c1-14(17,7-8-18-2)11-15-9-12-3-5-13(10-16)6-4-12/h3-6,15-17H,7-11H2,1-2H3. The van der Waals surface area contributed by atoms with E-state index in [0.717, 1.165) is 11.1 Å². The summed E-state index contributed by atoms with van der Waals surface area (Å²) in [6, 6.07) is 7.75. The second kappa shape index (κ2) is 7.48. The van der Waals surface area contributed by atoms with Crippen molar-refractivity contribution >= 4 is 0 Å². The molecule has 0 aromatic heterocycles. The van der Waals surface area contributed by atoms with Crippen LogP contribution in [0.15, 0.2) is 24.3 Å². The van der Waals surface area contributed by atoms with Gasteiger partial charge in [-0.05, 0) is 18.1 Å². The zero-order valence-electron chi connectivity index (χ0n) is 11.1. The summed E-state index contributed by atoms with van der Waals surface area (Å²) in [5, 5.41) is 22.2. The molecule has 0 saturated carbocycles. The highest BCUT2D eigenvalue weighted by Gasteiger charge is 2.18. The number of hydrogen-bond acceptors (Lipinski definition) is 4. The first-order valence-electron chi connectivity index (χ1n) is 6.18. The van der Waals surface area contributed by atoms with Gasteiger partial charge in [0.05, 0.1) is 12.2 Å². The first kappa shape index (κ1) is 15.1. The van der Waals surface area contributed by atoms with Gasteiger partial charge in [-0.2, -0.15) is 0 Å². The highest BCUT2D eigenvalue weighted by molar-refractivity contribution is 5.21. The molecule has 18 heavy (non-hydrogen) atoms. The Morgan fingerprint density at radius 3 is 2.39 bits per heavy atom. The van der Waals surface area contributed by atoms with Gasteiger partial charge in [-0.1, -0.05) is 24.3 Å². The lowest BCUT2D eigenvalue weighted by molar-refractivity contribution is 0.0247. The Labute approximate surface area is 109 Å². The van der Waals surface area contributed by atoms with Gasteiger partial charge in [-0.3, -0.25) is 0 Å². The molecule has 102 valence electrons. The number of nitrogens with one attached hydrogen (secondary N) is 1. The second-order valence-electron chi connectivity index (χ2n) is 4.82. The van der Waals surface area contributed by atoms with E-state index in [4.69, 9.17) is 9.84 Å². The van der Waals surface area contributed by atoms with Crippen molar-refractivity contribution in [2.24, 2.45) is 0 Å². The van der Waals surface area contributed by atoms with Gasteiger partial charge in [0.1, 0.15) is 0 Å². The minimum absolute atomic E-state index is 0.0689. The van der Waals surface area contributed by atoms with Crippen molar-refractivity contribution in [2.75, 3.05) is 20.3 Å². The van der Waals surface area contributed by atoms with Crippen molar-refractivity contribution in [3.05, 3.63) is 35.4 Å². The molecule has 1 rings (SSSR count). The maximum Gasteiger partial charge on any atom is 0.0765 e. The van der Waals surface area contributed by atoms with Crippen LogP contribution in [0.1, 0.15) is 24.5 Å². The summed E-state index contributed by atoms with van der Waals surface area (Å²) >= 11 is 0. The fourth-order valence-electron chi connectivity index (χ4n) is 1.65. The van der Waals surface area contributed by atoms with Crippen LogP contribution in [-0.2, 0) is 17.9 Å². The third-order valence-electron chi connectivity index (χ3n) is 2.89. The van der Waals surface area contributed by atoms with Crippen LogP contribution in [0.5, 0.6) is 0 Å². The summed E-state index contributed by atoms with van der Waals surface area (Å²) in [4.78, 5) is 0. The zero-order valence-corrected chi connectivity index (χ0v) is 11.1. The fraction of sp³-hybridized carbons (Fsp3) is 0.571. The molecule has 4 heteroatoms. The molecule has 1 aromatic rings. The van der Waals surface area contributed by atoms with Crippen LogP contribution in [0.4, 0.5) is 0 Å². The van der Waals surface area contributed by atoms with E-state index in [9.17, 15) is 5.11 Å². The molecule has 4 nitrogen and oxygen atoms in total. The van der Waals surface area contributed by atoms with Gasteiger partial charge in [0.25, 0.3) is 0 Å². The highest BCUT2D eigenvalue weighted by Crippen LogP contribution is 2.09. The van der Waals surface area contributed by atoms with Crippen LogP contribution in [0.2, 0.25) is 0 Å². The number of aliphatic hydroxyl groups is 2. The van der Waals surface area contributed by atoms with E-state index < -0.39 is 5.60 Å². The molecular formula is C14H23NO3. The third kappa shape index (κ3) is 5.60. The minimum Gasteiger partial charge on any atom is -0.392 e. The van der Waals surface area contributed by atoms with Crippen LogP contribution in [-0.4, -0.2) is 36.1 Å². The lowest BCUT2D eigenvalue weighted by Crippen LogP contribution is -2.38. The first-order valence-corrected chi connectivity index (χ1v) is 6.18. The summed E-state index contributed by atoms with van der Waals surface area (Å²) < 4.78 is 4.96. The summed E-state index contributed by atoms with van der Waals surface area (Å²) in [6.07, 6.45) is 0.611. The molecule has 1 atom stereocenters. The molecule has 0 bridgehead atoms. The van der Waals surface area contributed by atoms with Crippen molar-refractivity contribution in [1.29, 1.82) is 0 Å². The molecule has 0 aliphatic heterocycles.